The van der Waals surface area contributed by atoms with Crippen molar-refractivity contribution in [2.24, 2.45) is 5.92 Å². The van der Waals surface area contributed by atoms with E-state index in [1.807, 2.05) is 6.92 Å². The molecule has 2 rings (SSSR count). The van der Waals surface area contributed by atoms with E-state index in [2.05, 4.69) is 15.0 Å². The third-order valence-corrected chi connectivity index (χ3v) is 5.49. The molecule has 1 fully saturated rings. The number of anilines is 1. The zero-order valence-electron chi connectivity index (χ0n) is 12.6. The van der Waals surface area contributed by atoms with Gasteiger partial charge in [0.15, 0.2) is 0 Å². The highest BCUT2D eigenvalue weighted by atomic mass is 32.2. The first-order chi connectivity index (χ1) is 10.1. The van der Waals surface area contributed by atoms with Crippen molar-refractivity contribution in [3.8, 4) is 0 Å². The van der Waals surface area contributed by atoms with Gasteiger partial charge in [-0.15, -0.1) is 0 Å². The topological polar surface area (TPSA) is 71.1 Å². The maximum Gasteiger partial charge on any atom is 0.244 e. The summed E-state index contributed by atoms with van der Waals surface area (Å²) in [6.45, 7) is 3.11. The molecule has 1 saturated carbocycles. The fourth-order valence-corrected chi connectivity index (χ4v) is 4.10. The molecule has 1 aromatic rings. The largest absolute Gasteiger partial charge is 0.384 e. The Kier molecular flexibility index (Phi) is 5.99. The van der Waals surface area contributed by atoms with E-state index in [0.717, 1.165) is 18.8 Å². The van der Waals surface area contributed by atoms with Gasteiger partial charge in [-0.25, -0.2) is 13.1 Å². The van der Waals surface area contributed by atoms with Gasteiger partial charge in [0.1, 0.15) is 4.90 Å². The Hall–Kier alpha value is -1.14. The first-order valence-electron chi connectivity index (χ1n) is 7.81. The SMILES string of the molecule is CCNc1ccncc1S(=O)(=O)NCCCC1CCCC1. The molecule has 0 bridgehead atoms. The van der Waals surface area contributed by atoms with Crippen LogP contribution in [0.3, 0.4) is 0 Å². The van der Waals surface area contributed by atoms with Gasteiger partial charge >= 0.3 is 0 Å². The average Bonchev–Trinajstić information content (AvgIpc) is 2.98. The summed E-state index contributed by atoms with van der Waals surface area (Å²) in [5.74, 6) is 0.796. The van der Waals surface area contributed by atoms with Crippen LogP contribution in [-0.4, -0.2) is 26.5 Å². The van der Waals surface area contributed by atoms with Gasteiger partial charge in [0, 0.05) is 25.5 Å². The first-order valence-corrected chi connectivity index (χ1v) is 9.29. The second-order valence-electron chi connectivity index (χ2n) is 5.59. The molecule has 0 amide bonds. The molecular formula is C15H25N3O2S. The summed E-state index contributed by atoms with van der Waals surface area (Å²) in [6, 6.07) is 1.69. The molecule has 0 unspecified atom stereocenters. The molecule has 2 N–H and O–H groups in total. The van der Waals surface area contributed by atoms with Crippen LogP contribution in [0.15, 0.2) is 23.4 Å². The minimum absolute atomic E-state index is 0.229. The molecule has 0 aromatic carbocycles. The molecule has 1 heterocycles. The number of sulfonamides is 1. The highest BCUT2D eigenvalue weighted by Gasteiger charge is 2.19. The number of pyridine rings is 1. The van der Waals surface area contributed by atoms with Gasteiger partial charge in [0.25, 0.3) is 0 Å². The van der Waals surface area contributed by atoms with E-state index in [4.69, 9.17) is 0 Å². The Morgan fingerprint density at radius 2 is 2.10 bits per heavy atom. The van der Waals surface area contributed by atoms with Crippen LogP contribution in [0.2, 0.25) is 0 Å². The number of hydrogen-bond donors (Lipinski definition) is 2. The zero-order chi connectivity index (χ0) is 15.1. The van der Waals surface area contributed by atoms with Gasteiger partial charge in [-0.1, -0.05) is 25.7 Å². The van der Waals surface area contributed by atoms with E-state index in [1.165, 1.54) is 31.9 Å². The monoisotopic (exact) mass is 311 g/mol. The van der Waals surface area contributed by atoms with Crippen molar-refractivity contribution in [3.63, 3.8) is 0 Å². The van der Waals surface area contributed by atoms with Crippen molar-refractivity contribution in [2.75, 3.05) is 18.4 Å². The summed E-state index contributed by atoms with van der Waals surface area (Å²) in [5, 5.41) is 3.06. The predicted octanol–water partition coefficient (Wildman–Crippen LogP) is 2.76. The minimum atomic E-state index is -3.48. The molecule has 0 radical (unpaired) electrons. The Balaban J connectivity index is 1.88. The van der Waals surface area contributed by atoms with Crippen LogP contribution in [-0.2, 0) is 10.0 Å². The maximum atomic E-state index is 12.3. The van der Waals surface area contributed by atoms with Gasteiger partial charge in [0.2, 0.25) is 10.0 Å². The van der Waals surface area contributed by atoms with Crippen LogP contribution in [0.25, 0.3) is 0 Å². The predicted molar refractivity (Wildman–Crippen MR) is 84.8 cm³/mol. The van der Waals surface area contributed by atoms with E-state index >= 15 is 0 Å². The smallest absolute Gasteiger partial charge is 0.244 e. The van der Waals surface area contributed by atoms with Crippen LogP contribution >= 0.6 is 0 Å². The van der Waals surface area contributed by atoms with Crippen molar-refractivity contribution in [3.05, 3.63) is 18.5 Å². The quantitative estimate of drug-likeness (QED) is 0.724. The van der Waals surface area contributed by atoms with E-state index in [0.29, 0.717) is 18.8 Å². The molecule has 0 aliphatic heterocycles. The maximum absolute atomic E-state index is 12.3. The summed E-state index contributed by atoms with van der Waals surface area (Å²) in [6.07, 6.45) is 10.3. The minimum Gasteiger partial charge on any atom is -0.384 e. The molecule has 5 nitrogen and oxygen atoms in total. The summed E-state index contributed by atoms with van der Waals surface area (Å²) in [7, 11) is -3.48. The van der Waals surface area contributed by atoms with E-state index in [-0.39, 0.29) is 4.90 Å². The third kappa shape index (κ3) is 4.68. The fraction of sp³-hybridized carbons (Fsp3) is 0.667. The third-order valence-electron chi connectivity index (χ3n) is 4.00. The molecule has 1 aliphatic rings. The molecule has 1 aliphatic carbocycles. The summed E-state index contributed by atoms with van der Waals surface area (Å²) in [4.78, 5) is 4.16. The Labute approximate surface area is 127 Å². The van der Waals surface area contributed by atoms with Gasteiger partial charge in [-0.2, -0.15) is 0 Å². The average molecular weight is 311 g/mol. The summed E-state index contributed by atoms with van der Waals surface area (Å²) in [5.41, 5.74) is 0.607. The molecule has 0 saturated heterocycles. The van der Waals surface area contributed by atoms with Gasteiger partial charge in [0.05, 0.1) is 5.69 Å². The van der Waals surface area contributed by atoms with Crippen LogP contribution in [0.4, 0.5) is 5.69 Å². The highest BCUT2D eigenvalue weighted by Crippen LogP contribution is 2.28. The zero-order valence-corrected chi connectivity index (χ0v) is 13.5. The molecule has 6 heteroatoms. The van der Waals surface area contributed by atoms with Crippen LogP contribution < -0.4 is 10.0 Å². The van der Waals surface area contributed by atoms with Crippen molar-refractivity contribution in [2.45, 2.75) is 50.3 Å². The molecule has 0 atom stereocenters. The van der Waals surface area contributed by atoms with Crippen LogP contribution in [0.1, 0.15) is 45.4 Å². The molecule has 21 heavy (non-hydrogen) atoms. The first kappa shape index (κ1) is 16.2. The Bertz CT molecular complexity index is 540. The van der Waals surface area contributed by atoms with Gasteiger partial charge in [-0.05, 0) is 31.7 Å². The van der Waals surface area contributed by atoms with E-state index < -0.39 is 10.0 Å². The van der Waals surface area contributed by atoms with Crippen molar-refractivity contribution < 1.29 is 8.42 Å². The standard InChI is InChI=1S/C15H25N3O2S/c1-2-17-14-9-11-16-12-15(14)21(19,20)18-10-5-8-13-6-3-4-7-13/h9,11-13,18H,2-8,10H2,1H3,(H,16,17). The number of rotatable bonds is 8. The number of hydrogen-bond acceptors (Lipinski definition) is 4. The number of aromatic nitrogens is 1. The lowest BCUT2D eigenvalue weighted by atomic mass is 10.0. The highest BCUT2D eigenvalue weighted by molar-refractivity contribution is 7.89. The van der Waals surface area contributed by atoms with Crippen LogP contribution in [0.5, 0.6) is 0 Å². The van der Waals surface area contributed by atoms with Gasteiger partial charge < -0.3 is 5.32 Å². The number of nitrogens with zero attached hydrogens (tertiary/aromatic N) is 1. The molecule has 118 valence electrons. The lowest BCUT2D eigenvalue weighted by molar-refractivity contribution is 0.480. The second kappa shape index (κ2) is 7.75. The summed E-state index contributed by atoms with van der Waals surface area (Å²) >= 11 is 0. The van der Waals surface area contributed by atoms with E-state index in [9.17, 15) is 8.42 Å². The van der Waals surface area contributed by atoms with Crippen molar-refractivity contribution >= 4 is 15.7 Å². The Morgan fingerprint density at radius 1 is 1.33 bits per heavy atom. The Morgan fingerprint density at radius 3 is 2.81 bits per heavy atom. The fourth-order valence-electron chi connectivity index (χ4n) is 2.90. The molecule has 1 aromatic heterocycles. The summed E-state index contributed by atoms with van der Waals surface area (Å²) < 4.78 is 27.4. The van der Waals surface area contributed by atoms with Crippen LogP contribution in [0, 0.1) is 5.92 Å². The molecule has 0 spiro atoms. The van der Waals surface area contributed by atoms with Gasteiger partial charge in [-0.3, -0.25) is 4.98 Å². The molecular weight excluding hydrogens is 286 g/mol. The van der Waals surface area contributed by atoms with Crippen molar-refractivity contribution in [1.82, 2.24) is 9.71 Å². The second-order valence-corrected chi connectivity index (χ2v) is 7.33. The van der Waals surface area contributed by atoms with E-state index in [1.54, 1.807) is 12.3 Å². The lowest BCUT2D eigenvalue weighted by Gasteiger charge is -2.12. The lowest BCUT2D eigenvalue weighted by Crippen LogP contribution is -2.26. The normalized spacial score (nSPS) is 16.2. The number of nitrogens with one attached hydrogen (secondary N) is 2. The van der Waals surface area contributed by atoms with Crippen molar-refractivity contribution in [1.29, 1.82) is 0 Å².